The van der Waals surface area contributed by atoms with Gasteiger partial charge < -0.3 is 30.9 Å². The van der Waals surface area contributed by atoms with Crippen molar-refractivity contribution in [3.8, 4) is 5.75 Å². The fourth-order valence-corrected chi connectivity index (χ4v) is 5.16. The molecule has 1 aliphatic rings. The molecule has 0 saturated carbocycles. The summed E-state index contributed by atoms with van der Waals surface area (Å²) in [4.78, 5) is 21.9. The number of nitrogens with one attached hydrogen (secondary N) is 2. The molecule has 12 nitrogen and oxygen atoms in total. The van der Waals surface area contributed by atoms with E-state index >= 15 is 0 Å². The van der Waals surface area contributed by atoms with Crippen molar-refractivity contribution in [2.24, 2.45) is 0 Å². The molecule has 0 bridgehead atoms. The van der Waals surface area contributed by atoms with E-state index in [1.165, 1.54) is 12.1 Å². The molecule has 37 heavy (non-hydrogen) atoms. The molecule has 198 valence electrons. The van der Waals surface area contributed by atoms with Crippen LogP contribution in [0.4, 0.5) is 33.8 Å². The zero-order valence-electron chi connectivity index (χ0n) is 21.3. The Hall–Kier alpha value is -3.84. The first-order chi connectivity index (χ1) is 17.6. The average molecular weight is 529 g/mol. The number of piperazine rings is 1. The van der Waals surface area contributed by atoms with Crippen molar-refractivity contribution in [3.05, 3.63) is 42.5 Å². The van der Waals surface area contributed by atoms with Crippen molar-refractivity contribution in [1.29, 1.82) is 0 Å². The first-order valence-electron chi connectivity index (χ1n) is 11.9. The number of hydrogen-bond acceptors (Lipinski definition) is 10. The van der Waals surface area contributed by atoms with Crippen LogP contribution in [0.2, 0.25) is 0 Å². The van der Waals surface area contributed by atoms with Crippen molar-refractivity contribution in [1.82, 2.24) is 19.7 Å². The Kier molecular flexibility index (Phi) is 7.55. The van der Waals surface area contributed by atoms with Gasteiger partial charge in [0.05, 0.1) is 28.6 Å². The number of para-hydroxylation sites is 1. The number of sulfone groups is 1. The lowest BCUT2D eigenvalue weighted by Crippen LogP contribution is -2.44. The lowest BCUT2D eigenvalue weighted by atomic mass is 10.2. The van der Waals surface area contributed by atoms with Crippen LogP contribution in [-0.2, 0) is 9.84 Å². The Bertz CT molecular complexity index is 1380. The summed E-state index contributed by atoms with van der Waals surface area (Å²) in [5.41, 5.74) is 7.53. The van der Waals surface area contributed by atoms with Crippen LogP contribution in [0.25, 0.3) is 0 Å². The van der Waals surface area contributed by atoms with Gasteiger partial charge >= 0.3 is 6.03 Å². The Morgan fingerprint density at radius 3 is 2.46 bits per heavy atom. The van der Waals surface area contributed by atoms with Crippen LogP contribution in [0.1, 0.15) is 13.8 Å². The minimum absolute atomic E-state index is 0.0158. The maximum atomic E-state index is 13.1. The molecule has 0 spiro atoms. The quantitative estimate of drug-likeness (QED) is 0.418. The molecular formula is C24H32N8O4S. The third-order valence-corrected chi connectivity index (χ3v) is 8.38. The smallest absolute Gasteiger partial charge is 0.349 e. The topological polar surface area (TPSA) is 148 Å². The molecule has 3 aromatic rings. The van der Waals surface area contributed by atoms with Crippen molar-refractivity contribution < 1.29 is 17.9 Å². The normalized spacial score (nSPS) is 14.6. The maximum Gasteiger partial charge on any atom is 0.349 e. The molecule has 1 aliphatic heterocycles. The predicted molar refractivity (Wildman–Crippen MR) is 144 cm³/mol. The minimum atomic E-state index is -3.64. The summed E-state index contributed by atoms with van der Waals surface area (Å²) in [6, 6.07) is 11.2. The van der Waals surface area contributed by atoms with Gasteiger partial charge in [0.15, 0.2) is 9.84 Å². The number of amides is 1. The summed E-state index contributed by atoms with van der Waals surface area (Å²) in [6.07, 6.45) is 0. The van der Waals surface area contributed by atoms with E-state index in [0.29, 0.717) is 11.4 Å². The second-order valence-corrected chi connectivity index (χ2v) is 11.5. The molecule has 1 fully saturated rings. The first kappa shape index (κ1) is 26.2. The fourth-order valence-electron chi connectivity index (χ4n) is 3.96. The summed E-state index contributed by atoms with van der Waals surface area (Å²) in [5.74, 6) is 0.469. The summed E-state index contributed by atoms with van der Waals surface area (Å²) in [7, 11) is 0.0257. The number of carbonyl (C=O) groups excluding carboxylic acids is 1. The maximum absolute atomic E-state index is 13.1. The Morgan fingerprint density at radius 1 is 1.08 bits per heavy atom. The second-order valence-electron chi connectivity index (χ2n) is 9.03. The molecule has 0 atom stereocenters. The molecule has 0 unspecified atom stereocenters. The number of hydrogen-bond donors (Lipinski definition) is 3. The third-order valence-electron chi connectivity index (χ3n) is 6.17. The van der Waals surface area contributed by atoms with E-state index in [1.54, 1.807) is 33.1 Å². The molecule has 0 aliphatic carbocycles. The van der Waals surface area contributed by atoms with E-state index < -0.39 is 21.1 Å². The van der Waals surface area contributed by atoms with E-state index in [0.717, 1.165) is 36.5 Å². The van der Waals surface area contributed by atoms with E-state index in [1.807, 2.05) is 18.2 Å². The third kappa shape index (κ3) is 5.62. The molecule has 0 radical (unpaired) electrons. The van der Waals surface area contributed by atoms with E-state index in [4.69, 9.17) is 10.5 Å². The highest BCUT2D eigenvalue weighted by atomic mass is 32.2. The molecule has 2 aromatic carbocycles. The van der Waals surface area contributed by atoms with Crippen molar-refractivity contribution in [3.63, 3.8) is 0 Å². The molecular weight excluding hydrogens is 496 g/mol. The molecule has 1 saturated heterocycles. The van der Waals surface area contributed by atoms with E-state index in [9.17, 15) is 13.2 Å². The zero-order chi connectivity index (χ0) is 26.7. The highest BCUT2D eigenvalue weighted by Crippen LogP contribution is 2.32. The molecule has 1 amide bonds. The van der Waals surface area contributed by atoms with Gasteiger partial charge in [-0.3, -0.25) is 0 Å². The number of nitrogen functional groups attached to an aromatic ring is 1. The Balaban J connectivity index is 1.58. The van der Waals surface area contributed by atoms with E-state index in [-0.39, 0.29) is 22.5 Å². The van der Waals surface area contributed by atoms with Crippen LogP contribution in [0.15, 0.2) is 47.4 Å². The lowest BCUT2D eigenvalue weighted by Gasteiger charge is -2.34. The van der Waals surface area contributed by atoms with Gasteiger partial charge in [-0.15, -0.1) is 9.78 Å². The molecule has 1 aromatic heterocycles. The number of benzene rings is 2. The van der Waals surface area contributed by atoms with Gasteiger partial charge in [-0.05, 0) is 45.2 Å². The fraction of sp³-hybridized carbons (Fsp3) is 0.375. The van der Waals surface area contributed by atoms with E-state index in [2.05, 4.69) is 37.6 Å². The highest BCUT2D eigenvalue weighted by Gasteiger charge is 2.25. The van der Waals surface area contributed by atoms with Crippen LogP contribution < -0.4 is 26.0 Å². The van der Waals surface area contributed by atoms with Gasteiger partial charge in [-0.2, -0.15) is 4.98 Å². The summed E-state index contributed by atoms with van der Waals surface area (Å²) >= 11 is 0. The number of nitrogens with two attached hydrogens (primary N) is 1. The standard InChI is InChI=1S/C24H32N8O4S/c1-16(2)37(34,35)21-8-6-5-7-19(21)27-24(33)32-23(28-22(25)29-32)26-18-10-9-17(15-20(18)36-4)31-13-11-30(3)12-14-31/h5-10,15-16H,11-14H2,1-4H3,(H,27,33)(H3,25,26,28,29). The molecule has 13 heteroatoms. The van der Waals surface area contributed by atoms with Gasteiger partial charge in [0.25, 0.3) is 0 Å². The highest BCUT2D eigenvalue weighted by molar-refractivity contribution is 7.92. The second kappa shape index (κ2) is 10.6. The van der Waals surface area contributed by atoms with Gasteiger partial charge in [-0.1, -0.05) is 12.1 Å². The van der Waals surface area contributed by atoms with Gasteiger partial charge in [0.1, 0.15) is 5.75 Å². The Morgan fingerprint density at radius 2 is 1.78 bits per heavy atom. The largest absolute Gasteiger partial charge is 0.494 e. The van der Waals surface area contributed by atoms with Crippen LogP contribution in [0.3, 0.4) is 0 Å². The number of anilines is 5. The van der Waals surface area contributed by atoms with Gasteiger partial charge in [0, 0.05) is 37.9 Å². The number of aromatic nitrogens is 3. The van der Waals surface area contributed by atoms with Crippen LogP contribution >= 0.6 is 0 Å². The molecule has 4 N–H and O–H groups in total. The number of ether oxygens (including phenoxy) is 1. The monoisotopic (exact) mass is 528 g/mol. The van der Waals surface area contributed by atoms with Gasteiger partial charge in [0.2, 0.25) is 11.9 Å². The molecule has 4 rings (SSSR count). The van der Waals surface area contributed by atoms with Crippen LogP contribution in [0, 0.1) is 0 Å². The number of methoxy groups -OCH3 is 1. The number of nitrogens with zero attached hydrogens (tertiary/aromatic N) is 5. The number of likely N-dealkylation sites (N-methyl/N-ethyl adjacent to an activating group) is 1. The summed E-state index contributed by atoms with van der Waals surface area (Å²) in [6.45, 7) is 6.92. The zero-order valence-corrected chi connectivity index (χ0v) is 22.1. The minimum Gasteiger partial charge on any atom is -0.494 e. The lowest BCUT2D eigenvalue weighted by molar-refractivity contribution is 0.251. The predicted octanol–water partition coefficient (Wildman–Crippen LogP) is 2.63. The summed E-state index contributed by atoms with van der Waals surface area (Å²) < 4.78 is 32.1. The number of rotatable bonds is 7. The van der Waals surface area contributed by atoms with Crippen molar-refractivity contribution >= 4 is 44.8 Å². The van der Waals surface area contributed by atoms with Crippen molar-refractivity contribution in [2.75, 3.05) is 61.6 Å². The van der Waals surface area contributed by atoms with Crippen LogP contribution in [-0.4, -0.2) is 79.7 Å². The van der Waals surface area contributed by atoms with Crippen LogP contribution in [0.5, 0.6) is 5.75 Å². The number of carbonyl (C=O) groups is 1. The van der Waals surface area contributed by atoms with Gasteiger partial charge in [-0.25, -0.2) is 13.2 Å². The van der Waals surface area contributed by atoms with Crippen molar-refractivity contribution in [2.45, 2.75) is 24.0 Å². The molecule has 2 heterocycles. The SMILES string of the molecule is COc1cc(N2CCN(C)CC2)ccc1Nc1nc(N)nn1C(=O)Nc1ccccc1S(=O)(=O)C(C)C. The Labute approximate surface area is 216 Å². The summed E-state index contributed by atoms with van der Waals surface area (Å²) in [5, 5.41) is 9.00. The first-order valence-corrected chi connectivity index (χ1v) is 13.4. The average Bonchev–Trinajstić information content (AvgIpc) is 3.25.